The Bertz CT molecular complexity index is 269. The fourth-order valence-corrected chi connectivity index (χ4v) is 1.48. The number of rotatable bonds is 7. The summed E-state index contributed by atoms with van der Waals surface area (Å²) < 4.78 is 0. The molecule has 0 amide bonds. The minimum atomic E-state index is 0.968. The Balaban J connectivity index is 2.18. The van der Waals surface area contributed by atoms with E-state index in [0.29, 0.717) is 0 Å². The van der Waals surface area contributed by atoms with Crippen LogP contribution in [0.1, 0.15) is 24.6 Å². The van der Waals surface area contributed by atoms with Crippen LogP contribution in [0.5, 0.6) is 0 Å². The maximum Gasteiger partial charge on any atom is 0.0535 e. The molecule has 0 aliphatic carbocycles. The zero-order valence-corrected chi connectivity index (χ0v) is 10.0. The molecule has 0 unspecified atom stereocenters. The minimum Gasteiger partial charge on any atom is -0.315 e. The lowest BCUT2D eigenvalue weighted by Gasteiger charge is -2.16. The van der Waals surface area contributed by atoms with Gasteiger partial charge in [-0.25, -0.2) is 0 Å². The van der Waals surface area contributed by atoms with Crippen molar-refractivity contribution in [1.29, 1.82) is 0 Å². The number of nitrogens with zero attached hydrogens (tertiary/aromatic N) is 2. The molecule has 4 heteroatoms. The molecule has 0 aliphatic rings. The number of H-pyrrole nitrogens is 1. The molecule has 0 fully saturated rings. The number of hydrogen-bond acceptors (Lipinski definition) is 3. The number of likely N-dealkylation sites (N-methyl/N-ethyl adjacent to an activating group) is 1. The van der Waals surface area contributed by atoms with Crippen molar-refractivity contribution in [3.05, 3.63) is 17.5 Å². The molecule has 0 saturated carbocycles. The Morgan fingerprint density at radius 2 is 2.27 bits per heavy atom. The van der Waals surface area contributed by atoms with Gasteiger partial charge in [-0.2, -0.15) is 5.10 Å². The van der Waals surface area contributed by atoms with E-state index in [4.69, 9.17) is 0 Å². The van der Waals surface area contributed by atoms with Crippen molar-refractivity contribution in [2.24, 2.45) is 0 Å². The lowest BCUT2D eigenvalue weighted by Crippen LogP contribution is -2.29. The maximum atomic E-state index is 4.02. The Labute approximate surface area is 92.1 Å². The first-order valence-electron chi connectivity index (χ1n) is 5.62. The molecule has 1 aromatic rings. The van der Waals surface area contributed by atoms with Gasteiger partial charge in [0.2, 0.25) is 0 Å². The van der Waals surface area contributed by atoms with E-state index in [2.05, 4.69) is 41.3 Å². The molecule has 0 atom stereocenters. The van der Waals surface area contributed by atoms with E-state index in [9.17, 15) is 0 Å². The molecule has 0 aliphatic heterocycles. The zero-order valence-electron chi connectivity index (χ0n) is 10.0. The van der Waals surface area contributed by atoms with Gasteiger partial charge in [-0.1, -0.05) is 6.92 Å². The van der Waals surface area contributed by atoms with Gasteiger partial charge in [0.15, 0.2) is 0 Å². The number of aromatic amines is 1. The molecule has 4 nitrogen and oxygen atoms in total. The number of aromatic nitrogens is 2. The molecule has 1 aromatic heterocycles. The van der Waals surface area contributed by atoms with Crippen molar-refractivity contribution < 1.29 is 0 Å². The monoisotopic (exact) mass is 210 g/mol. The highest BCUT2D eigenvalue weighted by atomic mass is 15.1. The predicted molar refractivity (Wildman–Crippen MR) is 62.8 cm³/mol. The van der Waals surface area contributed by atoms with Crippen LogP contribution < -0.4 is 5.32 Å². The standard InChI is InChI=1S/C11H22N4/c1-4-5-12-6-7-15(3)9-11-8-13-14-10(11)2/h8,12H,4-7,9H2,1-3H3,(H,13,14). The molecule has 0 saturated heterocycles. The lowest BCUT2D eigenvalue weighted by molar-refractivity contribution is 0.324. The van der Waals surface area contributed by atoms with Crippen LogP contribution in [-0.2, 0) is 6.54 Å². The highest BCUT2D eigenvalue weighted by Gasteiger charge is 2.03. The maximum absolute atomic E-state index is 4.02. The molecular weight excluding hydrogens is 188 g/mol. The van der Waals surface area contributed by atoms with Crippen molar-refractivity contribution in [2.75, 3.05) is 26.7 Å². The smallest absolute Gasteiger partial charge is 0.0535 e. The molecular formula is C11H22N4. The Kier molecular flexibility index (Phi) is 5.36. The highest BCUT2D eigenvalue weighted by molar-refractivity contribution is 5.13. The topological polar surface area (TPSA) is 44.0 Å². The van der Waals surface area contributed by atoms with Gasteiger partial charge in [0, 0.05) is 30.9 Å². The summed E-state index contributed by atoms with van der Waals surface area (Å²) >= 11 is 0. The second-order valence-corrected chi connectivity index (χ2v) is 4.01. The van der Waals surface area contributed by atoms with Crippen molar-refractivity contribution >= 4 is 0 Å². The average Bonchev–Trinajstić information content (AvgIpc) is 2.59. The summed E-state index contributed by atoms with van der Waals surface area (Å²) in [5.74, 6) is 0. The summed E-state index contributed by atoms with van der Waals surface area (Å²) in [7, 11) is 2.14. The Hall–Kier alpha value is -0.870. The fraction of sp³-hybridized carbons (Fsp3) is 0.727. The molecule has 1 heterocycles. The zero-order chi connectivity index (χ0) is 11.1. The molecule has 2 N–H and O–H groups in total. The van der Waals surface area contributed by atoms with Gasteiger partial charge in [0.25, 0.3) is 0 Å². The van der Waals surface area contributed by atoms with E-state index in [-0.39, 0.29) is 0 Å². The lowest BCUT2D eigenvalue weighted by atomic mass is 10.2. The first-order valence-corrected chi connectivity index (χ1v) is 5.62. The van der Waals surface area contributed by atoms with Gasteiger partial charge in [-0.05, 0) is 26.9 Å². The van der Waals surface area contributed by atoms with Crippen molar-refractivity contribution in [2.45, 2.75) is 26.8 Å². The number of aryl methyl sites for hydroxylation is 1. The summed E-state index contributed by atoms with van der Waals surface area (Å²) in [5, 5.41) is 10.4. The van der Waals surface area contributed by atoms with Crippen LogP contribution in [0.15, 0.2) is 6.20 Å². The van der Waals surface area contributed by atoms with Gasteiger partial charge < -0.3 is 10.2 Å². The van der Waals surface area contributed by atoms with Crippen LogP contribution in [0.4, 0.5) is 0 Å². The third-order valence-corrected chi connectivity index (χ3v) is 2.47. The molecule has 1 rings (SSSR count). The minimum absolute atomic E-state index is 0.968. The second kappa shape index (κ2) is 6.58. The molecule has 0 spiro atoms. The molecule has 0 bridgehead atoms. The summed E-state index contributed by atoms with van der Waals surface area (Å²) in [4.78, 5) is 2.31. The van der Waals surface area contributed by atoms with E-state index < -0.39 is 0 Å². The normalized spacial score (nSPS) is 11.2. The van der Waals surface area contributed by atoms with E-state index in [0.717, 1.165) is 26.2 Å². The van der Waals surface area contributed by atoms with E-state index in [1.54, 1.807) is 0 Å². The van der Waals surface area contributed by atoms with Crippen LogP contribution >= 0.6 is 0 Å². The van der Waals surface area contributed by atoms with E-state index >= 15 is 0 Å². The van der Waals surface area contributed by atoms with Crippen LogP contribution in [0.3, 0.4) is 0 Å². The van der Waals surface area contributed by atoms with Gasteiger partial charge in [0.1, 0.15) is 0 Å². The average molecular weight is 210 g/mol. The first-order chi connectivity index (χ1) is 7.24. The first kappa shape index (κ1) is 12.2. The van der Waals surface area contributed by atoms with Crippen LogP contribution in [0, 0.1) is 6.92 Å². The summed E-state index contributed by atoms with van der Waals surface area (Å²) in [6.07, 6.45) is 3.11. The summed E-state index contributed by atoms with van der Waals surface area (Å²) in [6.45, 7) is 8.46. The molecule has 86 valence electrons. The molecule has 0 radical (unpaired) electrons. The van der Waals surface area contributed by atoms with Gasteiger partial charge in [-0.15, -0.1) is 0 Å². The predicted octanol–water partition coefficient (Wildman–Crippen LogP) is 1.15. The van der Waals surface area contributed by atoms with Gasteiger partial charge in [0.05, 0.1) is 6.20 Å². The third-order valence-electron chi connectivity index (χ3n) is 2.47. The highest BCUT2D eigenvalue weighted by Crippen LogP contribution is 2.04. The number of hydrogen-bond donors (Lipinski definition) is 2. The Morgan fingerprint density at radius 1 is 1.47 bits per heavy atom. The van der Waals surface area contributed by atoms with Gasteiger partial charge in [-0.3, -0.25) is 5.10 Å². The van der Waals surface area contributed by atoms with Gasteiger partial charge >= 0.3 is 0 Å². The van der Waals surface area contributed by atoms with Crippen molar-refractivity contribution in [3.8, 4) is 0 Å². The second-order valence-electron chi connectivity index (χ2n) is 4.01. The van der Waals surface area contributed by atoms with Crippen LogP contribution in [0.25, 0.3) is 0 Å². The summed E-state index contributed by atoms with van der Waals surface area (Å²) in [6, 6.07) is 0. The fourth-order valence-electron chi connectivity index (χ4n) is 1.48. The largest absolute Gasteiger partial charge is 0.315 e. The summed E-state index contributed by atoms with van der Waals surface area (Å²) in [5.41, 5.74) is 2.45. The molecule has 15 heavy (non-hydrogen) atoms. The van der Waals surface area contributed by atoms with Crippen LogP contribution in [-0.4, -0.2) is 41.8 Å². The third kappa shape index (κ3) is 4.44. The van der Waals surface area contributed by atoms with E-state index in [1.165, 1.54) is 17.7 Å². The van der Waals surface area contributed by atoms with Crippen LogP contribution in [0.2, 0.25) is 0 Å². The van der Waals surface area contributed by atoms with E-state index in [1.807, 2.05) is 6.20 Å². The number of nitrogens with one attached hydrogen (secondary N) is 2. The van der Waals surface area contributed by atoms with Crippen molar-refractivity contribution in [3.63, 3.8) is 0 Å². The quantitative estimate of drug-likeness (QED) is 0.664. The Morgan fingerprint density at radius 3 is 2.87 bits per heavy atom. The SMILES string of the molecule is CCCNCCN(C)Cc1cn[nH]c1C. The molecule has 0 aromatic carbocycles. The van der Waals surface area contributed by atoms with Crippen molar-refractivity contribution in [1.82, 2.24) is 20.4 Å².